The lowest BCUT2D eigenvalue weighted by Crippen LogP contribution is -2.41. The van der Waals surface area contributed by atoms with E-state index in [1.54, 1.807) is 23.1 Å². The molecule has 0 aromatic heterocycles. The predicted molar refractivity (Wildman–Crippen MR) is 119 cm³/mol. The van der Waals surface area contributed by atoms with Crippen molar-refractivity contribution < 1.29 is 18.0 Å². The molecule has 2 heterocycles. The van der Waals surface area contributed by atoms with Crippen LogP contribution in [0.1, 0.15) is 31.7 Å². The van der Waals surface area contributed by atoms with Crippen LogP contribution in [0.5, 0.6) is 0 Å². The molecule has 8 heteroatoms. The fraction of sp³-hybridized carbons (Fsp3) is 0.391. The highest BCUT2D eigenvalue weighted by Crippen LogP contribution is 2.32. The van der Waals surface area contributed by atoms with E-state index in [0.717, 1.165) is 29.8 Å². The van der Waals surface area contributed by atoms with Crippen molar-refractivity contribution >= 4 is 33.2 Å². The van der Waals surface area contributed by atoms with Crippen molar-refractivity contribution in [3.05, 3.63) is 54.1 Å². The Morgan fingerprint density at radius 3 is 2.39 bits per heavy atom. The summed E-state index contributed by atoms with van der Waals surface area (Å²) in [6, 6.07) is 14.3. The molecule has 4 rings (SSSR count). The Hall–Kier alpha value is -2.71. The van der Waals surface area contributed by atoms with Gasteiger partial charge in [-0.15, -0.1) is 0 Å². The van der Waals surface area contributed by atoms with E-state index in [1.165, 1.54) is 11.2 Å². The van der Waals surface area contributed by atoms with Gasteiger partial charge in [-0.25, -0.2) is 8.42 Å². The maximum Gasteiger partial charge on any atom is 0.243 e. The molecule has 2 amide bonds. The van der Waals surface area contributed by atoms with Crippen LogP contribution in [0, 0.1) is 5.92 Å². The molecule has 31 heavy (non-hydrogen) atoms. The van der Waals surface area contributed by atoms with Crippen molar-refractivity contribution in [1.82, 2.24) is 4.31 Å². The summed E-state index contributed by atoms with van der Waals surface area (Å²) in [4.78, 5) is 26.3. The van der Waals surface area contributed by atoms with Gasteiger partial charge in [0, 0.05) is 43.9 Å². The summed E-state index contributed by atoms with van der Waals surface area (Å²) in [6.45, 7) is 2.81. The maximum atomic E-state index is 13.2. The van der Waals surface area contributed by atoms with Crippen LogP contribution in [0.2, 0.25) is 0 Å². The second kappa shape index (κ2) is 8.80. The molecule has 0 bridgehead atoms. The number of piperidine rings is 1. The van der Waals surface area contributed by atoms with Gasteiger partial charge in [0.2, 0.25) is 21.8 Å². The molecule has 0 atom stereocenters. The summed E-state index contributed by atoms with van der Waals surface area (Å²) >= 11 is 0. The third kappa shape index (κ3) is 4.50. The minimum Gasteiger partial charge on any atom is -0.326 e. The van der Waals surface area contributed by atoms with Crippen LogP contribution in [0.25, 0.3) is 0 Å². The molecule has 2 aromatic carbocycles. The average molecular weight is 442 g/mol. The highest BCUT2D eigenvalue weighted by Gasteiger charge is 2.33. The Morgan fingerprint density at radius 1 is 1.00 bits per heavy atom. The fourth-order valence-electron chi connectivity index (χ4n) is 4.33. The molecule has 0 spiro atoms. The third-order valence-electron chi connectivity index (χ3n) is 6.05. The summed E-state index contributed by atoms with van der Waals surface area (Å²) in [6.07, 6.45) is 2.55. The van der Waals surface area contributed by atoms with Crippen molar-refractivity contribution in [2.24, 2.45) is 5.92 Å². The van der Waals surface area contributed by atoms with Crippen LogP contribution in [0.3, 0.4) is 0 Å². The molecule has 1 fully saturated rings. The number of aryl methyl sites for hydroxylation is 1. The number of fused-ring (bicyclic) bond motifs is 1. The second-order valence-electron chi connectivity index (χ2n) is 8.10. The van der Waals surface area contributed by atoms with Gasteiger partial charge < -0.3 is 10.2 Å². The topological polar surface area (TPSA) is 86.8 Å². The monoisotopic (exact) mass is 441 g/mol. The number of para-hydroxylation sites is 1. The molecule has 7 nitrogen and oxygen atoms in total. The minimum atomic E-state index is -3.64. The summed E-state index contributed by atoms with van der Waals surface area (Å²) in [7, 11) is -3.64. The lowest BCUT2D eigenvalue weighted by Gasteiger charge is -2.32. The van der Waals surface area contributed by atoms with E-state index in [0.29, 0.717) is 32.5 Å². The molecular weight excluding hydrogens is 414 g/mol. The van der Waals surface area contributed by atoms with Gasteiger partial charge in [-0.05, 0) is 61.6 Å². The van der Waals surface area contributed by atoms with Crippen LogP contribution in [-0.4, -0.2) is 44.2 Å². The smallest absolute Gasteiger partial charge is 0.243 e. The molecule has 164 valence electrons. The number of sulfonamides is 1. The predicted octanol–water partition coefficient (Wildman–Crippen LogP) is 3.03. The zero-order valence-corrected chi connectivity index (χ0v) is 18.4. The van der Waals surface area contributed by atoms with Crippen LogP contribution >= 0.6 is 0 Å². The zero-order valence-electron chi connectivity index (χ0n) is 17.6. The molecule has 0 saturated carbocycles. The lowest BCUT2D eigenvalue weighted by molar-refractivity contribution is -0.121. The number of hydrogen-bond acceptors (Lipinski definition) is 4. The number of hydrogen-bond donors (Lipinski definition) is 1. The van der Waals surface area contributed by atoms with Crippen LogP contribution in [-0.2, 0) is 26.0 Å². The highest BCUT2D eigenvalue weighted by molar-refractivity contribution is 7.89. The summed E-state index contributed by atoms with van der Waals surface area (Å²) in [5.74, 6) is -0.312. The van der Waals surface area contributed by atoms with E-state index in [2.05, 4.69) is 5.32 Å². The Kier molecular flexibility index (Phi) is 6.11. The van der Waals surface area contributed by atoms with Gasteiger partial charge in [-0.3, -0.25) is 9.59 Å². The average Bonchev–Trinajstić information content (AvgIpc) is 2.79. The van der Waals surface area contributed by atoms with Crippen LogP contribution < -0.4 is 10.2 Å². The van der Waals surface area contributed by atoms with Gasteiger partial charge in [0.05, 0.1) is 4.90 Å². The minimum absolute atomic E-state index is 0.0348. The molecule has 2 aliphatic rings. The Labute approximate surface area is 183 Å². The Bertz CT molecular complexity index is 1080. The number of rotatable bonds is 4. The Morgan fingerprint density at radius 2 is 1.71 bits per heavy atom. The normalized spacial score (nSPS) is 17.8. The lowest BCUT2D eigenvalue weighted by atomic mass is 9.97. The molecule has 0 aliphatic carbocycles. The summed E-state index contributed by atoms with van der Waals surface area (Å²) in [5, 5.41) is 2.91. The molecule has 2 aromatic rings. The van der Waals surface area contributed by atoms with E-state index in [-0.39, 0.29) is 22.6 Å². The fourth-order valence-corrected chi connectivity index (χ4v) is 5.86. The van der Waals surface area contributed by atoms with Gasteiger partial charge in [-0.2, -0.15) is 4.31 Å². The van der Waals surface area contributed by atoms with Gasteiger partial charge in [0.1, 0.15) is 0 Å². The summed E-state index contributed by atoms with van der Waals surface area (Å²) in [5.41, 5.74) is 2.44. The van der Waals surface area contributed by atoms with Crippen LogP contribution in [0.15, 0.2) is 53.4 Å². The number of benzene rings is 2. The van der Waals surface area contributed by atoms with Gasteiger partial charge in [0.15, 0.2) is 0 Å². The Balaban J connectivity index is 1.43. The van der Waals surface area contributed by atoms with Gasteiger partial charge >= 0.3 is 0 Å². The number of anilines is 2. The largest absolute Gasteiger partial charge is 0.326 e. The first-order valence-corrected chi connectivity index (χ1v) is 12.1. The number of carbonyl (C=O) groups excluding carboxylic acids is 2. The van der Waals surface area contributed by atoms with Gasteiger partial charge in [0.25, 0.3) is 0 Å². The van der Waals surface area contributed by atoms with Crippen molar-refractivity contribution in [2.75, 3.05) is 29.9 Å². The first kappa shape index (κ1) is 21.5. The first-order chi connectivity index (χ1) is 14.9. The first-order valence-electron chi connectivity index (χ1n) is 10.6. The second-order valence-corrected chi connectivity index (χ2v) is 10.0. The summed E-state index contributed by atoms with van der Waals surface area (Å²) < 4.78 is 27.9. The molecule has 0 radical (unpaired) electrons. The van der Waals surface area contributed by atoms with Crippen molar-refractivity contribution in [1.29, 1.82) is 0 Å². The number of carbonyl (C=O) groups is 2. The maximum absolute atomic E-state index is 13.2. The van der Waals surface area contributed by atoms with Gasteiger partial charge in [-0.1, -0.05) is 18.2 Å². The van der Waals surface area contributed by atoms with E-state index in [1.807, 2.05) is 30.3 Å². The van der Waals surface area contributed by atoms with Crippen molar-refractivity contribution in [3.8, 4) is 0 Å². The molecular formula is C23H27N3O4S. The SMILES string of the molecule is CC(=O)N1CCCc2cc(S(=O)(=O)N3CCC(C(=O)Nc4ccccc4)CC3)ccc21. The van der Waals surface area contributed by atoms with E-state index < -0.39 is 10.0 Å². The standard InChI is InChI=1S/C23H27N3O4S/c1-17(27)26-13-5-6-19-16-21(9-10-22(19)26)31(29,30)25-14-11-18(12-15-25)23(28)24-20-7-3-2-4-8-20/h2-4,7-10,16,18H,5-6,11-15H2,1H3,(H,24,28). The molecule has 1 saturated heterocycles. The number of nitrogens with one attached hydrogen (secondary N) is 1. The number of nitrogens with zero attached hydrogens (tertiary/aromatic N) is 2. The molecule has 1 N–H and O–H groups in total. The van der Waals surface area contributed by atoms with E-state index >= 15 is 0 Å². The zero-order chi connectivity index (χ0) is 22.0. The molecule has 2 aliphatic heterocycles. The van der Waals surface area contributed by atoms with E-state index in [4.69, 9.17) is 0 Å². The van der Waals surface area contributed by atoms with Crippen LogP contribution in [0.4, 0.5) is 11.4 Å². The number of amides is 2. The van der Waals surface area contributed by atoms with E-state index in [9.17, 15) is 18.0 Å². The van der Waals surface area contributed by atoms with Crippen molar-refractivity contribution in [2.45, 2.75) is 37.5 Å². The molecule has 0 unspecified atom stereocenters. The third-order valence-corrected chi connectivity index (χ3v) is 7.95. The van der Waals surface area contributed by atoms with Crippen molar-refractivity contribution in [3.63, 3.8) is 0 Å². The highest BCUT2D eigenvalue weighted by atomic mass is 32.2. The quantitative estimate of drug-likeness (QED) is 0.790.